The molecule has 0 atom stereocenters. The summed E-state index contributed by atoms with van der Waals surface area (Å²) < 4.78 is 11.5. The Morgan fingerprint density at radius 2 is 1.97 bits per heavy atom. The molecule has 2 amide bonds. The molecule has 0 radical (unpaired) electrons. The van der Waals surface area contributed by atoms with Gasteiger partial charge in [-0.3, -0.25) is 9.59 Å². The molecular weight excluding hydrogens is 396 g/mol. The molecule has 2 N–H and O–H groups in total. The smallest absolute Gasteiger partial charge is 0.258 e. The normalized spacial score (nSPS) is 14.8. The molecule has 2 aromatic rings. The lowest BCUT2D eigenvalue weighted by atomic mass is 10.1. The van der Waals surface area contributed by atoms with E-state index in [2.05, 4.69) is 15.6 Å². The summed E-state index contributed by atoms with van der Waals surface area (Å²) in [5.41, 5.74) is 1.08. The van der Waals surface area contributed by atoms with Crippen LogP contribution in [0.3, 0.4) is 0 Å². The number of rotatable bonds is 5. The Hall–Kier alpha value is -3.13. The lowest BCUT2D eigenvalue weighted by Gasteiger charge is -2.24. The predicted molar refractivity (Wildman–Crippen MR) is 119 cm³/mol. The van der Waals surface area contributed by atoms with Gasteiger partial charge in [-0.2, -0.15) is 0 Å². The number of aromatic nitrogens is 1. The fourth-order valence-corrected chi connectivity index (χ4v) is 3.35. The van der Waals surface area contributed by atoms with Crippen molar-refractivity contribution < 1.29 is 19.1 Å². The highest BCUT2D eigenvalue weighted by atomic mass is 16.5. The maximum Gasteiger partial charge on any atom is 0.258 e. The third-order valence-corrected chi connectivity index (χ3v) is 5.14. The zero-order chi connectivity index (χ0) is 22.1. The summed E-state index contributed by atoms with van der Waals surface area (Å²) in [6, 6.07) is 11.0. The van der Waals surface area contributed by atoms with Crippen LogP contribution in [0.4, 0.5) is 11.5 Å². The number of carbonyl (C=O) groups excluding carboxylic acids is 2. The molecule has 0 saturated heterocycles. The molecule has 8 heteroatoms. The fraction of sp³-hybridized carbons (Fsp3) is 0.435. The second-order valence-electron chi connectivity index (χ2n) is 7.29. The molecule has 1 aromatic carbocycles. The standard InChI is InChI=1S/C23H30N4O4/c1-3-17(4-2)25-21(28)16-27-12-13-30-14-15-31-20-10-6-5-9-19(20)26-22-18(23(27)29)8-7-11-24-22/h5-11,17H,3-4,12-16H2,1-2H3,(H,24,26)(H,25,28). The van der Waals surface area contributed by atoms with E-state index in [-0.39, 0.29) is 30.9 Å². The van der Waals surface area contributed by atoms with E-state index >= 15 is 0 Å². The molecular formula is C23H30N4O4. The molecule has 2 heterocycles. The van der Waals surface area contributed by atoms with Gasteiger partial charge < -0.3 is 25.0 Å². The predicted octanol–water partition coefficient (Wildman–Crippen LogP) is 2.98. The molecule has 0 unspecified atom stereocenters. The minimum Gasteiger partial charge on any atom is -0.489 e. The summed E-state index contributed by atoms with van der Waals surface area (Å²) in [7, 11) is 0. The van der Waals surface area contributed by atoms with E-state index in [4.69, 9.17) is 9.47 Å². The molecule has 1 aliphatic heterocycles. The highest BCUT2D eigenvalue weighted by Crippen LogP contribution is 2.28. The number of fused-ring (bicyclic) bond motifs is 2. The van der Waals surface area contributed by atoms with Crippen LogP contribution in [-0.4, -0.2) is 60.7 Å². The van der Waals surface area contributed by atoms with Gasteiger partial charge in [-0.1, -0.05) is 26.0 Å². The Labute approximate surface area is 182 Å². The van der Waals surface area contributed by atoms with Crippen LogP contribution in [0.15, 0.2) is 42.6 Å². The largest absolute Gasteiger partial charge is 0.489 e. The number of hydrogen-bond donors (Lipinski definition) is 2. The summed E-state index contributed by atoms with van der Waals surface area (Å²) in [5, 5.41) is 6.20. The highest BCUT2D eigenvalue weighted by Gasteiger charge is 2.23. The number of nitrogens with one attached hydrogen (secondary N) is 2. The van der Waals surface area contributed by atoms with Crippen molar-refractivity contribution >= 4 is 23.3 Å². The maximum atomic E-state index is 13.4. The van der Waals surface area contributed by atoms with Crippen LogP contribution in [0.1, 0.15) is 37.0 Å². The number of anilines is 2. The molecule has 31 heavy (non-hydrogen) atoms. The molecule has 166 valence electrons. The van der Waals surface area contributed by atoms with Crippen LogP contribution in [0.25, 0.3) is 0 Å². The minimum atomic E-state index is -0.281. The van der Waals surface area contributed by atoms with Gasteiger partial charge in [0.05, 0.1) is 31.0 Å². The van der Waals surface area contributed by atoms with E-state index in [1.807, 2.05) is 38.1 Å². The van der Waals surface area contributed by atoms with Gasteiger partial charge in [-0.05, 0) is 37.1 Å². The van der Waals surface area contributed by atoms with Crippen LogP contribution in [0.2, 0.25) is 0 Å². The van der Waals surface area contributed by atoms with E-state index < -0.39 is 0 Å². The summed E-state index contributed by atoms with van der Waals surface area (Å²) >= 11 is 0. The SMILES string of the molecule is CCC(CC)NC(=O)CN1CCOCCOc2ccccc2Nc2ncccc2C1=O. The van der Waals surface area contributed by atoms with Gasteiger partial charge >= 0.3 is 0 Å². The van der Waals surface area contributed by atoms with Crippen molar-refractivity contribution in [1.29, 1.82) is 0 Å². The number of hydrogen-bond acceptors (Lipinski definition) is 6. The van der Waals surface area contributed by atoms with Crippen molar-refractivity contribution in [3.63, 3.8) is 0 Å². The van der Waals surface area contributed by atoms with Gasteiger partial charge in [-0.15, -0.1) is 0 Å². The quantitative estimate of drug-likeness (QED) is 0.764. The van der Waals surface area contributed by atoms with Gasteiger partial charge in [0.1, 0.15) is 18.2 Å². The van der Waals surface area contributed by atoms with Gasteiger partial charge in [-0.25, -0.2) is 4.98 Å². The Balaban J connectivity index is 1.87. The highest BCUT2D eigenvalue weighted by molar-refractivity contribution is 6.01. The minimum absolute atomic E-state index is 0.0416. The number of nitrogens with zero attached hydrogens (tertiary/aromatic N) is 2. The second-order valence-corrected chi connectivity index (χ2v) is 7.29. The molecule has 8 nitrogen and oxygen atoms in total. The first kappa shape index (κ1) is 22.6. The third-order valence-electron chi connectivity index (χ3n) is 5.14. The monoisotopic (exact) mass is 426 g/mol. The van der Waals surface area contributed by atoms with E-state index in [1.54, 1.807) is 18.3 Å². The molecule has 0 fully saturated rings. The fourth-order valence-electron chi connectivity index (χ4n) is 3.35. The maximum absolute atomic E-state index is 13.4. The molecule has 0 saturated carbocycles. The van der Waals surface area contributed by atoms with Gasteiger partial charge in [0.15, 0.2) is 0 Å². The zero-order valence-electron chi connectivity index (χ0n) is 18.1. The third kappa shape index (κ3) is 6.18. The van der Waals surface area contributed by atoms with Crippen molar-refractivity contribution in [2.45, 2.75) is 32.7 Å². The lowest BCUT2D eigenvalue weighted by molar-refractivity contribution is -0.122. The first-order valence-corrected chi connectivity index (χ1v) is 10.7. The van der Waals surface area contributed by atoms with Crippen molar-refractivity contribution in [3.8, 4) is 5.75 Å². The van der Waals surface area contributed by atoms with E-state index in [1.165, 1.54) is 4.90 Å². The van der Waals surface area contributed by atoms with Gasteiger partial charge in [0, 0.05) is 18.8 Å². The summed E-state index contributed by atoms with van der Waals surface area (Å²) in [6.45, 7) is 5.35. The molecule has 0 aliphatic carbocycles. The number of amides is 2. The first-order valence-electron chi connectivity index (χ1n) is 10.7. The Bertz CT molecular complexity index is 885. The second kappa shape index (κ2) is 11.3. The first-order chi connectivity index (χ1) is 15.1. The molecule has 1 aliphatic rings. The van der Waals surface area contributed by atoms with Gasteiger partial charge in [0.25, 0.3) is 5.91 Å². The van der Waals surface area contributed by atoms with E-state index in [0.29, 0.717) is 42.6 Å². The lowest BCUT2D eigenvalue weighted by Crippen LogP contribution is -2.45. The number of para-hydroxylation sites is 2. The Morgan fingerprint density at radius 1 is 1.16 bits per heavy atom. The number of ether oxygens (including phenoxy) is 2. The Kier molecular flexibility index (Phi) is 8.23. The van der Waals surface area contributed by atoms with E-state index in [9.17, 15) is 9.59 Å². The number of pyridine rings is 1. The van der Waals surface area contributed by atoms with Crippen molar-refractivity contribution in [3.05, 3.63) is 48.2 Å². The van der Waals surface area contributed by atoms with Crippen LogP contribution < -0.4 is 15.4 Å². The molecule has 3 rings (SSSR count). The summed E-state index contributed by atoms with van der Waals surface area (Å²) in [6.07, 6.45) is 3.30. The van der Waals surface area contributed by atoms with Crippen molar-refractivity contribution in [1.82, 2.24) is 15.2 Å². The van der Waals surface area contributed by atoms with Gasteiger partial charge in [0.2, 0.25) is 5.91 Å². The zero-order valence-corrected chi connectivity index (χ0v) is 18.1. The van der Waals surface area contributed by atoms with Crippen molar-refractivity contribution in [2.75, 3.05) is 38.2 Å². The summed E-state index contributed by atoms with van der Waals surface area (Å²) in [5.74, 6) is 0.597. The molecule has 1 aromatic heterocycles. The summed E-state index contributed by atoms with van der Waals surface area (Å²) in [4.78, 5) is 31.9. The van der Waals surface area contributed by atoms with Crippen molar-refractivity contribution in [2.24, 2.45) is 0 Å². The van der Waals surface area contributed by atoms with Crippen LogP contribution in [0, 0.1) is 0 Å². The number of benzene rings is 1. The van der Waals surface area contributed by atoms with E-state index in [0.717, 1.165) is 12.8 Å². The molecule has 0 spiro atoms. The van der Waals surface area contributed by atoms with Crippen LogP contribution in [-0.2, 0) is 9.53 Å². The molecule has 0 bridgehead atoms. The topological polar surface area (TPSA) is 92.8 Å². The number of carbonyl (C=O) groups is 2. The average molecular weight is 427 g/mol. The van der Waals surface area contributed by atoms with Crippen LogP contribution >= 0.6 is 0 Å². The Morgan fingerprint density at radius 3 is 2.77 bits per heavy atom. The van der Waals surface area contributed by atoms with Crippen LogP contribution in [0.5, 0.6) is 5.75 Å². The average Bonchev–Trinajstić information content (AvgIpc) is 2.80.